The number of piperazine rings is 1. The molecule has 7 heteroatoms. The molecule has 100 valence electrons. The summed E-state index contributed by atoms with van der Waals surface area (Å²) in [5.41, 5.74) is 0. The van der Waals surface area contributed by atoms with Crippen molar-refractivity contribution in [1.29, 1.82) is 0 Å². The zero-order valence-electron chi connectivity index (χ0n) is 10.4. The first-order valence-electron chi connectivity index (χ1n) is 5.90. The molecule has 0 aliphatic carbocycles. The molecule has 1 aliphatic heterocycles. The van der Waals surface area contributed by atoms with Gasteiger partial charge in [-0.3, -0.25) is 0 Å². The third-order valence-electron chi connectivity index (χ3n) is 2.62. The monoisotopic (exact) mass is 264 g/mol. The van der Waals surface area contributed by atoms with Crippen LogP contribution in [-0.4, -0.2) is 62.3 Å². The fraction of sp³-hybridized carbons (Fsp3) is 0.900. The van der Waals surface area contributed by atoms with Crippen molar-refractivity contribution in [3.05, 3.63) is 0 Å². The minimum atomic E-state index is -3.14. The molecule has 0 bridgehead atoms. The molecule has 0 saturated carbocycles. The first-order valence-corrected chi connectivity index (χ1v) is 7.51. The highest BCUT2D eigenvalue weighted by molar-refractivity contribution is 7.89. The van der Waals surface area contributed by atoms with Crippen LogP contribution < -0.4 is 0 Å². The Morgan fingerprint density at radius 3 is 2.24 bits per heavy atom. The number of carbonyl (C=O) groups excluding carboxylic acids is 1. The summed E-state index contributed by atoms with van der Waals surface area (Å²) in [6, 6.07) is 0. The van der Waals surface area contributed by atoms with Gasteiger partial charge >= 0.3 is 6.09 Å². The van der Waals surface area contributed by atoms with E-state index in [1.807, 2.05) is 6.92 Å². The third kappa shape index (κ3) is 3.85. The van der Waals surface area contributed by atoms with Crippen LogP contribution in [0.25, 0.3) is 0 Å². The average molecular weight is 264 g/mol. The van der Waals surface area contributed by atoms with Crippen LogP contribution in [0.5, 0.6) is 0 Å². The molecular weight excluding hydrogens is 244 g/mol. The largest absolute Gasteiger partial charge is 0.450 e. The molecule has 0 aromatic carbocycles. The lowest BCUT2D eigenvalue weighted by molar-refractivity contribution is 0.0934. The Labute approximate surface area is 103 Å². The van der Waals surface area contributed by atoms with Gasteiger partial charge in [0, 0.05) is 26.2 Å². The number of amides is 1. The van der Waals surface area contributed by atoms with Gasteiger partial charge in [0.05, 0.1) is 12.4 Å². The molecule has 6 nitrogen and oxygen atoms in total. The molecule has 1 heterocycles. The molecule has 0 atom stereocenters. The summed E-state index contributed by atoms with van der Waals surface area (Å²) in [5.74, 6) is 0.173. The minimum absolute atomic E-state index is 0.173. The van der Waals surface area contributed by atoms with Crippen molar-refractivity contribution in [3.8, 4) is 0 Å². The molecule has 0 N–H and O–H groups in total. The lowest BCUT2D eigenvalue weighted by atomic mass is 10.4. The van der Waals surface area contributed by atoms with Gasteiger partial charge in [-0.05, 0) is 13.3 Å². The maximum Gasteiger partial charge on any atom is 0.409 e. The summed E-state index contributed by atoms with van der Waals surface area (Å²) in [5, 5.41) is 0. The van der Waals surface area contributed by atoms with Gasteiger partial charge in [-0.15, -0.1) is 0 Å². The highest BCUT2D eigenvalue weighted by Gasteiger charge is 2.28. The number of hydrogen-bond donors (Lipinski definition) is 0. The van der Waals surface area contributed by atoms with Crippen LogP contribution in [-0.2, 0) is 14.8 Å². The van der Waals surface area contributed by atoms with E-state index in [-0.39, 0.29) is 11.8 Å². The van der Waals surface area contributed by atoms with E-state index in [9.17, 15) is 13.2 Å². The molecule has 0 unspecified atom stereocenters. The van der Waals surface area contributed by atoms with Crippen LogP contribution in [0.1, 0.15) is 20.3 Å². The number of carbonyl (C=O) groups is 1. The minimum Gasteiger partial charge on any atom is -0.450 e. The standard InChI is InChI=1S/C10H20N2O4S/c1-3-9-17(14,15)12-7-5-11(6-8-12)10(13)16-4-2/h3-9H2,1-2H3. The summed E-state index contributed by atoms with van der Waals surface area (Å²) < 4.78 is 29.9. The summed E-state index contributed by atoms with van der Waals surface area (Å²) in [6.45, 7) is 5.46. The van der Waals surface area contributed by atoms with E-state index < -0.39 is 10.0 Å². The number of rotatable bonds is 4. The van der Waals surface area contributed by atoms with Crippen molar-refractivity contribution in [1.82, 2.24) is 9.21 Å². The Morgan fingerprint density at radius 1 is 1.18 bits per heavy atom. The summed E-state index contributed by atoms with van der Waals surface area (Å²) in [4.78, 5) is 13.0. The fourth-order valence-corrected chi connectivity index (χ4v) is 3.24. The molecule has 1 rings (SSSR count). The molecule has 0 spiro atoms. The van der Waals surface area contributed by atoms with Crippen molar-refractivity contribution in [3.63, 3.8) is 0 Å². The summed E-state index contributed by atoms with van der Waals surface area (Å²) in [6.07, 6.45) is 0.250. The zero-order chi connectivity index (χ0) is 12.9. The molecule has 1 fully saturated rings. The van der Waals surface area contributed by atoms with E-state index in [1.165, 1.54) is 4.31 Å². The highest BCUT2D eigenvalue weighted by atomic mass is 32.2. The smallest absolute Gasteiger partial charge is 0.409 e. The van der Waals surface area contributed by atoms with Crippen molar-refractivity contribution >= 4 is 16.1 Å². The van der Waals surface area contributed by atoms with Crippen LogP contribution in [0, 0.1) is 0 Å². The molecule has 1 amide bonds. The van der Waals surface area contributed by atoms with Gasteiger partial charge in [-0.25, -0.2) is 13.2 Å². The lowest BCUT2D eigenvalue weighted by Gasteiger charge is -2.33. The van der Waals surface area contributed by atoms with Crippen LogP contribution >= 0.6 is 0 Å². The van der Waals surface area contributed by atoms with Gasteiger partial charge in [0.1, 0.15) is 0 Å². The predicted molar refractivity (Wildman–Crippen MR) is 64.2 cm³/mol. The quantitative estimate of drug-likeness (QED) is 0.741. The van der Waals surface area contributed by atoms with E-state index in [0.29, 0.717) is 39.2 Å². The van der Waals surface area contributed by atoms with Gasteiger partial charge in [-0.1, -0.05) is 6.92 Å². The number of nitrogens with zero attached hydrogens (tertiary/aromatic N) is 2. The molecule has 0 aromatic heterocycles. The Balaban J connectivity index is 2.48. The average Bonchev–Trinajstić information content (AvgIpc) is 2.29. The Hall–Kier alpha value is -0.820. The zero-order valence-corrected chi connectivity index (χ0v) is 11.2. The normalized spacial score (nSPS) is 18.1. The molecule has 17 heavy (non-hydrogen) atoms. The first kappa shape index (κ1) is 14.2. The van der Waals surface area contributed by atoms with E-state index in [2.05, 4.69) is 0 Å². The Kier molecular flexibility index (Phi) is 5.20. The second-order valence-corrected chi connectivity index (χ2v) is 5.99. The van der Waals surface area contributed by atoms with Crippen molar-refractivity contribution < 1.29 is 17.9 Å². The number of ether oxygens (including phenoxy) is 1. The van der Waals surface area contributed by atoms with Gasteiger partial charge in [0.2, 0.25) is 10.0 Å². The van der Waals surface area contributed by atoms with Gasteiger partial charge in [0.15, 0.2) is 0 Å². The van der Waals surface area contributed by atoms with E-state index >= 15 is 0 Å². The summed E-state index contributed by atoms with van der Waals surface area (Å²) in [7, 11) is -3.14. The SMILES string of the molecule is CCCS(=O)(=O)N1CCN(C(=O)OCC)CC1. The van der Waals surface area contributed by atoms with Crippen molar-refractivity contribution in [2.45, 2.75) is 20.3 Å². The van der Waals surface area contributed by atoms with Gasteiger partial charge in [0.25, 0.3) is 0 Å². The molecular formula is C10H20N2O4S. The second-order valence-electron chi connectivity index (χ2n) is 3.90. The Morgan fingerprint density at radius 2 is 1.76 bits per heavy atom. The third-order valence-corrected chi connectivity index (χ3v) is 4.70. The van der Waals surface area contributed by atoms with Crippen molar-refractivity contribution in [2.75, 3.05) is 38.5 Å². The first-order chi connectivity index (χ1) is 8.01. The number of sulfonamides is 1. The van der Waals surface area contributed by atoms with E-state index in [4.69, 9.17) is 4.74 Å². The van der Waals surface area contributed by atoms with Gasteiger partial charge < -0.3 is 9.64 Å². The van der Waals surface area contributed by atoms with Crippen LogP contribution in [0.15, 0.2) is 0 Å². The lowest BCUT2D eigenvalue weighted by Crippen LogP contribution is -2.51. The molecule has 1 aliphatic rings. The molecule has 0 aromatic rings. The molecule has 1 saturated heterocycles. The van der Waals surface area contributed by atoms with Crippen molar-refractivity contribution in [2.24, 2.45) is 0 Å². The van der Waals surface area contributed by atoms with Crippen LogP contribution in [0.2, 0.25) is 0 Å². The molecule has 0 radical (unpaired) electrons. The maximum absolute atomic E-state index is 11.8. The van der Waals surface area contributed by atoms with E-state index in [1.54, 1.807) is 11.8 Å². The Bertz CT molecular complexity index is 347. The predicted octanol–water partition coefficient (Wildman–Crippen LogP) is 0.500. The topological polar surface area (TPSA) is 66.9 Å². The van der Waals surface area contributed by atoms with Crippen LogP contribution in [0.4, 0.5) is 4.79 Å². The van der Waals surface area contributed by atoms with Gasteiger partial charge in [-0.2, -0.15) is 4.31 Å². The maximum atomic E-state index is 11.8. The summed E-state index contributed by atoms with van der Waals surface area (Å²) >= 11 is 0. The number of hydrogen-bond acceptors (Lipinski definition) is 4. The fourth-order valence-electron chi connectivity index (χ4n) is 1.75. The second kappa shape index (κ2) is 6.20. The van der Waals surface area contributed by atoms with E-state index in [0.717, 1.165) is 0 Å². The highest BCUT2D eigenvalue weighted by Crippen LogP contribution is 2.09. The van der Waals surface area contributed by atoms with Crippen LogP contribution in [0.3, 0.4) is 0 Å².